The van der Waals surface area contributed by atoms with Crippen molar-refractivity contribution in [3.05, 3.63) is 47.7 Å². The summed E-state index contributed by atoms with van der Waals surface area (Å²) in [4.78, 5) is 11.2. The molecule has 0 aliphatic rings. The zero-order valence-electron chi connectivity index (χ0n) is 13.8. The lowest BCUT2D eigenvalue weighted by Gasteiger charge is -2.20. The number of carbonyl (C=O) groups excluding carboxylic acids is 1. The molecule has 116 valence electrons. The Labute approximate surface area is 130 Å². The molecule has 0 aromatic heterocycles. The Balaban J connectivity index is 2.66. The number of carbonyl (C=O) groups is 1. The maximum atomic E-state index is 11.2. The maximum absolute atomic E-state index is 11.2. The number of unbranched alkanes of at least 4 members (excludes halogenated alkanes) is 1. The van der Waals surface area contributed by atoms with Crippen LogP contribution < -0.4 is 0 Å². The van der Waals surface area contributed by atoms with Gasteiger partial charge >= 0.3 is 5.97 Å². The monoisotopic (exact) mass is 304 g/mol. The van der Waals surface area contributed by atoms with E-state index in [2.05, 4.69) is 62.1 Å². The molecule has 1 aromatic carbocycles. The first-order valence-electron chi connectivity index (χ1n) is 7.83. The fourth-order valence-corrected chi connectivity index (χ4v) is 4.50. The maximum Gasteiger partial charge on any atom is 0.303 e. The van der Waals surface area contributed by atoms with Gasteiger partial charge in [0.25, 0.3) is 0 Å². The largest absolute Gasteiger partial charge is 0.458 e. The van der Waals surface area contributed by atoms with E-state index in [4.69, 9.17) is 4.74 Å². The van der Waals surface area contributed by atoms with Crippen LogP contribution in [0.25, 0.3) is 0 Å². The molecule has 0 radical (unpaired) electrons. The first-order valence-corrected chi connectivity index (χ1v) is 11.1. The lowest BCUT2D eigenvalue weighted by atomic mass is 10.1. The molecular formula is C18H28O2Si. The molecule has 0 spiro atoms. The van der Waals surface area contributed by atoms with Crippen molar-refractivity contribution < 1.29 is 9.53 Å². The molecule has 0 N–H and O–H groups in total. The highest BCUT2D eigenvalue weighted by molar-refractivity contribution is 6.81. The van der Waals surface area contributed by atoms with Crippen molar-refractivity contribution in [3.63, 3.8) is 0 Å². The number of benzene rings is 1. The van der Waals surface area contributed by atoms with Crippen LogP contribution in [-0.2, 0) is 15.6 Å². The minimum absolute atomic E-state index is 0.0648. The lowest BCUT2D eigenvalue weighted by Crippen LogP contribution is -2.28. The predicted octanol–water partition coefficient (Wildman–Crippen LogP) is 4.69. The summed E-state index contributed by atoms with van der Waals surface area (Å²) >= 11 is 0. The molecule has 21 heavy (non-hydrogen) atoms. The van der Waals surface area contributed by atoms with E-state index in [1.807, 2.05) is 0 Å². The molecule has 1 aromatic rings. The highest BCUT2D eigenvalue weighted by atomic mass is 28.3. The van der Waals surface area contributed by atoms with E-state index >= 15 is 0 Å². The van der Waals surface area contributed by atoms with Gasteiger partial charge in [0.2, 0.25) is 0 Å². The van der Waals surface area contributed by atoms with E-state index in [1.165, 1.54) is 12.5 Å². The average molecular weight is 305 g/mol. The third kappa shape index (κ3) is 7.86. The van der Waals surface area contributed by atoms with Crippen molar-refractivity contribution in [2.45, 2.75) is 58.4 Å². The average Bonchev–Trinajstić information content (AvgIpc) is 2.42. The van der Waals surface area contributed by atoms with Gasteiger partial charge < -0.3 is 4.74 Å². The van der Waals surface area contributed by atoms with Gasteiger partial charge in [-0.2, -0.15) is 0 Å². The Morgan fingerprint density at radius 1 is 1.29 bits per heavy atom. The van der Waals surface area contributed by atoms with Crippen molar-refractivity contribution in [1.82, 2.24) is 0 Å². The first kappa shape index (κ1) is 17.7. The summed E-state index contributed by atoms with van der Waals surface area (Å²) in [6, 6.07) is 11.7. The van der Waals surface area contributed by atoms with Gasteiger partial charge in [0, 0.05) is 6.92 Å². The molecule has 0 aliphatic carbocycles. The summed E-state index contributed by atoms with van der Waals surface area (Å²) in [7, 11) is -1.47. The topological polar surface area (TPSA) is 26.3 Å². The Morgan fingerprint density at radius 3 is 2.52 bits per heavy atom. The van der Waals surface area contributed by atoms with Crippen molar-refractivity contribution in [3.8, 4) is 0 Å². The Bertz CT molecular complexity index is 452. The zero-order chi connectivity index (χ0) is 15.7. The van der Waals surface area contributed by atoms with Crippen LogP contribution in [0.3, 0.4) is 0 Å². The number of hydrogen-bond acceptors (Lipinski definition) is 2. The van der Waals surface area contributed by atoms with Crippen LogP contribution in [-0.4, -0.2) is 20.1 Å². The second kappa shape index (κ2) is 8.83. The third-order valence-electron chi connectivity index (χ3n) is 3.42. The van der Waals surface area contributed by atoms with E-state index in [9.17, 15) is 4.79 Å². The highest BCUT2D eigenvalue weighted by Crippen LogP contribution is 2.15. The fraction of sp³-hybridized carbons (Fsp3) is 0.500. The van der Waals surface area contributed by atoms with Crippen LogP contribution in [0.2, 0.25) is 13.1 Å². The molecule has 0 saturated heterocycles. The Morgan fingerprint density at radius 2 is 1.95 bits per heavy atom. The smallest absolute Gasteiger partial charge is 0.303 e. The van der Waals surface area contributed by atoms with Crippen molar-refractivity contribution in [2.75, 3.05) is 0 Å². The standard InChI is InChI=1S/C18H28O2Si/c1-5-6-12-18(20-16(2)19)13-14-21(3,4)15-17-10-8-7-9-11-17/h7-11,13-14,18H,5-6,12,15H2,1-4H3/b14-13+. The highest BCUT2D eigenvalue weighted by Gasteiger charge is 2.18. The predicted molar refractivity (Wildman–Crippen MR) is 91.8 cm³/mol. The Kier molecular flexibility index (Phi) is 7.44. The van der Waals surface area contributed by atoms with Crippen LogP contribution in [0, 0.1) is 0 Å². The third-order valence-corrected chi connectivity index (χ3v) is 5.84. The van der Waals surface area contributed by atoms with E-state index < -0.39 is 8.07 Å². The quantitative estimate of drug-likeness (QED) is 0.514. The summed E-state index contributed by atoms with van der Waals surface area (Å²) < 4.78 is 5.39. The SMILES string of the molecule is CCCCC(/C=C/[Si](C)(C)Cc1ccccc1)OC(C)=O. The van der Waals surface area contributed by atoms with Crippen LogP contribution in [0.5, 0.6) is 0 Å². The molecule has 1 atom stereocenters. The summed E-state index contributed by atoms with van der Waals surface area (Å²) in [5.41, 5.74) is 3.71. The molecule has 0 bridgehead atoms. The number of esters is 1. The van der Waals surface area contributed by atoms with Gasteiger partial charge in [-0.3, -0.25) is 4.79 Å². The minimum atomic E-state index is -1.47. The van der Waals surface area contributed by atoms with Gasteiger partial charge in [0.1, 0.15) is 6.10 Å². The van der Waals surface area contributed by atoms with Crippen molar-refractivity contribution in [1.29, 1.82) is 0 Å². The molecule has 0 saturated carbocycles. The van der Waals surface area contributed by atoms with Gasteiger partial charge in [0.15, 0.2) is 0 Å². The van der Waals surface area contributed by atoms with Gasteiger partial charge in [-0.1, -0.05) is 74.1 Å². The molecule has 0 fully saturated rings. The van der Waals surface area contributed by atoms with Crippen LogP contribution in [0.1, 0.15) is 38.7 Å². The van der Waals surface area contributed by atoms with E-state index in [0.29, 0.717) is 0 Å². The van der Waals surface area contributed by atoms with Crippen LogP contribution in [0.15, 0.2) is 42.1 Å². The molecular weight excluding hydrogens is 276 g/mol. The second-order valence-corrected chi connectivity index (χ2v) is 11.0. The van der Waals surface area contributed by atoms with E-state index in [-0.39, 0.29) is 12.1 Å². The van der Waals surface area contributed by atoms with Gasteiger partial charge in [0.05, 0.1) is 8.07 Å². The minimum Gasteiger partial charge on any atom is -0.458 e. The zero-order valence-corrected chi connectivity index (χ0v) is 14.8. The van der Waals surface area contributed by atoms with Gasteiger partial charge in [-0.15, -0.1) is 0 Å². The molecule has 0 heterocycles. The molecule has 0 amide bonds. The molecule has 1 unspecified atom stereocenters. The van der Waals surface area contributed by atoms with Crippen LogP contribution in [0.4, 0.5) is 0 Å². The van der Waals surface area contributed by atoms with Gasteiger partial charge in [-0.05, 0) is 18.9 Å². The van der Waals surface area contributed by atoms with Crippen molar-refractivity contribution in [2.24, 2.45) is 0 Å². The first-order chi connectivity index (χ1) is 9.93. The van der Waals surface area contributed by atoms with E-state index in [1.54, 1.807) is 0 Å². The fourth-order valence-electron chi connectivity index (χ4n) is 2.36. The number of rotatable bonds is 8. The lowest BCUT2D eigenvalue weighted by molar-refractivity contribution is -0.144. The molecule has 2 nitrogen and oxygen atoms in total. The van der Waals surface area contributed by atoms with Gasteiger partial charge in [-0.25, -0.2) is 0 Å². The van der Waals surface area contributed by atoms with Crippen LogP contribution >= 0.6 is 0 Å². The summed E-state index contributed by atoms with van der Waals surface area (Å²) in [5.74, 6) is -0.191. The number of hydrogen-bond donors (Lipinski definition) is 0. The molecule has 3 heteroatoms. The Hall–Kier alpha value is -1.35. The molecule has 1 rings (SSSR count). The summed E-state index contributed by atoms with van der Waals surface area (Å²) in [5, 5.41) is 0. The molecule has 0 aliphatic heterocycles. The summed E-state index contributed by atoms with van der Waals surface area (Å²) in [6.45, 7) is 8.34. The summed E-state index contributed by atoms with van der Waals surface area (Å²) in [6.07, 6.45) is 5.18. The number of ether oxygens (including phenoxy) is 1. The normalized spacial score (nSPS) is 13.3. The second-order valence-electron chi connectivity index (χ2n) is 6.30. The van der Waals surface area contributed by atoms with Crippen molar-refractivity contribution >= 4 is 14.0 Å². The van der Waals surface area contributed by atoms with E-state index in [0.717, 1.165) is 25.3 Å².